The Bertz CT molecular complexity index is 787. The highest BCUT2D eigenvalue weighted by molar-refractivity contribution is 7.89. The smallest absolute Gasteiger partial charge is 0.324 e. The van der Waals surface area contributed by atoms with Crippen LogP contribution >= 0.6 is 0 Å². The van der Waals surface area contributed by atoms with Gasteiger partial charge in [-0.3, -0.25) is 14.9 Å². The summed E-state index contributed by atoms with van der Waals surface area (Å²) >= 11 is 0. The first-order chi connectivity index (χ1) is 12.3. The molecule has 0 fully saturated rings. The molecule has 1 aromatic rings. The molecule has 10 heteroatoms. The molecule has 150 valence electrons. The van der Waals surface area contributed by atoms with Crippen molar-refractivity contribution in [3.8, 4) is 0 Å². The minimum atomic E-state index is -3.92. The number of benzene rings is 1. The first-order valence-corrected chi connectivity index (χ1v) is 9.71. The number of rotatable bonds is 6. The zero-order valence-corrected chi connectivity index (χ0v) is 16.7. The molecule has 1 rings (SSSR count). The van der Waals surface area contributed by atoms with E-state index in [0.29, 0.717) is 0 Å². The third-order valence-electron chi connectivity index (χ3n) is 3.13. The molecular weight excluding hydrogens is 374 g/mol. The van der Waals surface area contributed by atoms with Gasteiger partial charge in [0.1, 0.15) is 6.04 Å². The van der Waals surface area contributed by atoms with Crippen molar-refractivity contribution in [2.24, 2.45) is 0 Å². The summed E-state index contributed by atoms with van der Waals surface area (Å²) < 4.78 is 31.5. The molecule has 27 heavy (non-hydrogen) atoms. The molecule has 0 aliphatic carbocycles. The van der Waals surface area contributed by atoms with E-state index in [2.05, 4.69) is 10.0 Å². The van der Waals surface area contributed by atoms with Gasteiger partial charge >= 0.3 is 12.0 Å². The van der Waals surface area contributed by atoms with E-state index < -0.39 is 45.6 Å². The first kappa shape index (κ1) is 22.6. The maximum atomic E-state index is 12.2. The van der Waals surface area contributed by atoms with Gasteiger partial charge in [-0.25, -0.2) is 13.2 Å². The highest BCUT2D eigenvalue weighted by atomic mass is 32.2. The van der Waals surface area contributed by atoms with Crippen molar-refractivity contribution in [3.05, 3.63) is 30.3 Å². The van der Waals surface area contributed by atoms with E-state index in [-0.39, 0.29) is 4.90 Å². The molecule has 0 bridgehead atoms. The molecule has 3 N–H and O–H groups in total. The van der Waals surface area contributed by atoms with Crippen molar-refractivity contribution < 1.29 is 27.5 Å². The molecule has 0 saturated heterocycles. The highest BCUT2D eigenvalue weighted by Crippen LogP contribution is 2.09. The van der Waals surface area contributed by atoms with Gasteiger partial charge in [0.15, 0.2) is 6.10 Å². The van der Waals surface area contributed by atoms with Crippen molar-refractivity contribution in [1.29, 1.82) is 0 Å². The van der Waals surface area contributed by atoms with E-state index in [9.17, 15) is 22.8 Å². The zero-order chi connectivity index (χ0) is 20.8. The third-order valence-corrected chi connectivity index (χ3v) is 4.68. The molecule has 0 heterocycles. The monoisotopic (exact) mass is 399 g/mol. The average Bonchev–Trinajstić information content (AvgIpc) is 2.53. The van der Waals surface area contributed by atoms with Crippen LogP contribution in [0.25, 0.3) is 0 Å². The summed E-state index contributed by atoms with van der Waals surface area (Å²) in [7, 11) is -3.92. The lowest BCUT2D eigenvalue weighted by Gasteiger charge is -2.21. The predicted octanol–water partition coefficient (Wildman–Crippen LogP) is 0.909. The van der Waals surface area contributed by atoms with Gasteiger partial charge in [-0.2, -0.15) is 4.72 Å². The van der Waals surface area contributed by atoms with Crippen LogP contribution in [0, 0.1) is 0 Å². The van der Waals surface area contributed by atoms with Crippen molar-refractivity contribution in [1.82, 2.24) is 15.4 Å². The fraction of sp³-hybridized carbons (Fsp3) is 0.471. The summed E-state index contributed by atoms with van der Waals surface area (Å²) in [6, 6.07) is 5.56. The van der Waals surface area contributed by atoms with Crippen molar-refractivity contribution in [3.63, 3.8) is 0 Å². The largest absolute Gasteiger partial charge is 0.451 e. The molecule has 3 amide bonds. The van der Waals surface area contributed by atoms with Crippen molar-refractivity contribution in [2.75, 3.05) is 0 Å². The number of urea groups is 1. The van der Waals surface area contributed by atoms with Crippen molar-refractivity contribution in [2.45, 2.75) is 57.2 Å². The first-order valence-electron chi connectivity index (χ1n) is 8.23. The second-order valence-corrected chi connectivity index (χ2v) is 8.64. The molecule has 1 aromatic carbocycles. The minimum absolute atomic E-state index is 0.00528. The average molecular weight is 399 g/mol. The number of imide groups is 1. The summed E-state index contributed by atoms with van der Waals surface area (Å²) in [6.45, 7) is 7.78. The van der Waals surface area contributed by atoms with Gasteiger partial charge in [0.25, 0.3) is 5.91 Å². The number of sulfonamides is 1. The van der Waals surface area contributed by atoms with Crippen LogP contribution in [-0.2, 0) is 24.3 Å². The summed E-state index contributed by atoms with van der Waals surface area (Å²) in [5.41, 5.74) is -0.547. The Hall–Kier alpha value is -2.46. The number of carbonyl (C=O) groups excluding carboxylic acids is 3. The van der Waals surface area contributed by atoms with Crippen LogP contribution in [0.3, 0.4) is 0 Å². The van der Waals surface area contributed by atoms with Crippen LogP contribution in [0.15, 0.2) is 35.2 Å². The van der Waals surface area contributed by atoms with Gasteiger partial charge in [0.2, 0.25) is 10.0 Å². The van der Waals surface area contributed by atoms with E-state index in [1.807, 2.05) is 5.32 Å². The topological polar surface area (TPSA) is 131 Å². The number of amides is 3. The van der Waals surface area contributed by atoms with Crippen LogP contribution in [0.4, 0.5) is 4.79 Å². The van der Waals surface area contributed by atoms with Crippen molar-refractivity contribution >= 4 is 27.9 Å². The molecule has 0 saturated carbocycles. The van der Waals surface area contributed by atoms with Gasteiger partial charge in [0, 0.05) is 5.54 Å². The molecule has 0 spiro atoms. The highest BCUT2D eigenvalue weighted by Gasteiger charge is 2.27. The Morgan fingerprint density at radius 1 is 1.04 bits per heavy atom. The Morgan fingerprint density at radius 3 is 2.11 bits per heavy atom. The Kier molecular flexibility index (Phi) is 7.49. The fourth-order valence-corrected chi connectivity index (χ4v) is 3.08. The molecule has 1 unspecified atom stereocenters. The SMILES string of the molecule is CC(OC(=O)[C@H](C)NS(=O)(=O)c1ccccc1)C(=O)NC(=O)NC(C)(C)C. The maximum absolute atomic E-state index is 12.2. The van der Waals surface area contributed by atoms with E-state index in [1.54, 1.807) is 39.0 Å². The van der Waals surface area contributed by atoms with Gasteiger partial charge in [-0.1, -0.05) is 18.2 Å². The van der Waals surface area contributed by atoms with Crippen LogP contribution in [0.5, 0.6) is 0 Å². The second-order valence-electron chi connectivity index (χ2n) is 6.93. The molecule has 0 aliphatic rings. The third kappa shape index (κ3) is 7.75. The van der Waals surface area contributed by atoms with E-state index in [4.69, 9.17) is 4.74 Å². The molecule has 9 nitrogen and oxygen atoms in total. The minimum Gasteiger partial charge on any atom is -0.451 e. The molecule has 2 atom stereocenters. The molecule has 0 aromatic heterocycles. The Labute approximate surface area is 158 Å². The van der Waals surface area contributed by atoms with Crippen LogP contribution in [0.1, 0.15) is 34.6 Å². The quantitative estimate of drug-likeness (QED) is 0.610. The Balaban J connectivity index is 2.61. The molecular formula is C17H25N3O6S. The lowest BCUT2D eigenvalue weighted by atomic mass is 10.1. The van der Waals surface area contributed by atoms with Gasteiger partial charge in [0.05, 0.1) is 4.90 Å². The number of hydrogen-bond acceptors (Lipinski definition) is 6. The number of nitrogens with one attached hydrogen (secondary N) is 3. The zero-order valence-electron chi connectivity index (χ0n) is 15.9. The lowest BCUT2D eigenvalue weighted by Crippen LogP contribution is -2.51. The standard InChI is InChI=1S/C17H25N3O6S/c1-11(20-27(24,25)13-9-7-6-8-10-13)15(22)26-12(2)14(21)18-16(23)19-17(3,4)5/h6-12,20H,1-5H3,(H2,18,19,21,23)/t11-,12?/m0/s1. The van der Waals surface area contributed by atoms with Crippen LogP contribution in [0.2, 0.25) is 0 Å². The van der Waals surface area contributed by atoms with E-state index >= 15 is 0 Å². The van der Waals surface area contributed by atoms with Gasteiger partial charge < -0.3 is 10.1 Å². The number of esters is 1. The second kappa shape index (κ2) is 8.96. The van der Waals surface area contributed by atoms with Gasteiger partial charge in [-0.05, 0) is 46.8 Å². The van der Waals surface area contributed by atoms with Gasteiger partial charge in [-0.15, -0.1) is 0 Å². The predicted molar refractivity (Wildman–Crippen MR) is 98.2 cm³/mol. The fourth-order valence-electron chi connectivity index (χ4n) is 1.86. The Morgan fingerprint density at radius 2 is 1.59 bits per heavy atom. The van der Waals surface area contributed by atoms with E-state index in [1.165, 1.54) is 26.0 Å². The number of hydrogen-bond donors (Lipinski definition) is 3. The number of ether oxygens (including phenoxy) is 1. The summed E-state index contributed by atoms with van der Waals surface area (Å²) in [6.07, 6.45) is -1.29. The number of carbonyl (C=O) groups is 3. The molecule has 0 radical (unpaired) electrons. The lowest BCUT2D eigenvalue weighted by molar-refractivity contribution is -0.155. The van der Waals surface area contributed by atoms with E-state index in [0.717, 1.165) is 0 Å². The normalized spacial score (nSPS) is 14.0. The summed E-state index contributed by atoms with van der Waals surface area (Å²) in [5.74, 6) is -1.78. The maximum Gasteiger partial charge on any atom is 0.324 e. The summed E-state index contributed by atoms with van der Waals surface area (Å²) in [4.78, 5) is 35.6. The van der Waals surface area contributed by atoms with Crippen LogP contribution in [-0.4, -0.2) is 44.0 Å². The summed E-state index contributed by atoms with van der Waals surface area (Å²) in [5, 5.41) is 4.58. The molecule has 0 aliphatic heterocycles. The van der Waals surface area contributed by atoms with Crippen LogP contribution < -0.4 is 15.4 Å².